The SMILES string of the molecule is CCC1CCC(C(F)(F)C(F)(F)C2CCC3CC(C(F)(F)F)CCC3C2)CC1. The van der Waals surface area contributed by atoms with E-state index in [4.69, 9.17) is 0 Å². The van der Waals surface area contributed by atoms with E-state index < -0.39 is 35.8 Å². The Morgan fingerprint density at radius 1 is 0.571 bits per heavy atom. The summed E-state index contributed by atoms with van der Waals surface area (Å²) in [7, 11) is 0. The molecule has 0 aliphatic heterocycles. The van der Waals surface area contributed by atoms with E-state index in [1.54, 1.807) is 0 Å². The predicted molar refractivity (Wildman–Crippen MR) is 93.4 cm³/mol. The summed E-state index contributed by atoms with van der Waals surface area (Å²) in [6.07, 6.45) is -1.81. The summed E-state index contributed by atoms with van der Waals surface area (Å²) in [6.45, 7) is 1.99. The highest BCUT2D eigenvalue weighted by Gasteiger charge is 2.65. The Kier molecular flexibility index (Phi) is 6.32. The molecule has 0 aromatic rings. The second-order valence-corrected chi connectivity index (χ2v) is 9.45. The highest BCUT2D eigenvalue weighted by atomic mass is 19.4. The minimum absolute atomic E-state index is 0.0378. The zero-order chi connectivity index (χ0) is 20.7. The van der Waals surface area contributed by atoms with Crippen molar-refractivity contribution in [3.8, 4) is 0 Å². The first kappa shape index (κ1) is 22.2. The molecule has 0 amide bonds. The van der Waals surface area contributed by atoms with E-state index >= 15 is 0 Å². The van der Waals surface area contributed by atoms with Crippen molar-refractivity contribution < 1.29 is 30.7 Å². The second kappa shape index (κ2) is 7.98. The summed E-state index contributed by atoms with van der Waals surface area (Å²) in [5.41, 5.74) is 0. The third kappa shape index (κ3) is 4.19. The van der Waals surface area contributed by atoms with Crippen LogP contribution in [0.15, 0.2) is 0 Å². The minimum atomic E-state index is -4.25. The largest absolute Gasteiger partial charge is 0.391 e. The minimum Gasteiger partial charge on any atom is -0.200 e. The molecule has 0 spiro atoms. The molecule has 0 radical (unpaired) electrons. The van der Waals surface area contributed by atoms with Crippen molar-refractivity contribution in [3.63, 3.8) is 0 Å². The van der Waals surface area contributed by atoms with E-state index in [2.05, 4.69) is 0 Å². The van der Waals surface area contributed by atoms with Crippen molar-refractivity contribution in [2.75, 3.05) is 0 Å². The first-order valence-corrected chi connectivity index (χ1v) is 10.8. The monoisotopic (exact) mass is 416 g/mol. The van der Waals surface area contributed by atoms with Crippen molar-refractivity contribution in [3.05, 3.63) is 0 Å². The quantitative estimate of drug-likeness (QED) is 0.409. The molecule has 3 aliphatic rings. The van der Waals surface area contributed by atoms with Gasteiger partial charge in [0, 0.05) is 11.8 Å². The summed E-state index contributed by atoms with van der Waals surface area (Å²) in [5.74, 6) is -12.4. The molecule has 0 aromatic heterocycles. The van der Waals surface area contributed by atoms with Gasteiger partial charge in [-0.15, -0.1) is 0 Å². The Morgan fingerprint density at radius 3 is 1.50 bits per heavy atom. The van der Waals surface area contributed by atoms with Gasteiger partial charge in [-0.25, -0.2) is 0 Å². The van der Waals surface area contributed by atoms with E-state index in [0.717, 1.165) is 6.42 Å². The highest BCUT2D eigenvalue weighted by Crippen LogP contribution is 2.56. The van der Waals surface area contributed by atoms with Crippen LogP contribution in [0.3, 0.4) is 0 Å². The van der Waals surface area contributed by atoms with E-state index in [0.29, 0.717) is 18.8 Å². The zero-order valence-electron chi connectivity index (χ0n) is 16.4. The number of rotatable bonds is 4. The van der Waals surface area contributed by atoms with E-state index in [9.17, 15) is 30.7 Å². The number of halogens is 7. The van der Waals surface area contributed by atoms with Gasteiger partial charge in [0.15, 0.2) is 0 Å². The van der Waals surface area contributed by atoms with Crippen LogP contribution in [0.4, 0.5) is 30.7 Å². The van der Waals surface area contributed by atoms with Crippen LogP contribution in [-0.4, -0.2) is 18.0 Å². The number of fused-ring (bicyclic) bond motifs is 1. The standard InChI is InChI=1S/C21H31F7/c1-2-13-3-7-16(8-4-13)19(22,23)20(24,25)17-9-5-15-12-18(21(26,27)28)10-6-14(15)11-17/h13-18H,2-12H2,1H3. The molecular formula is C21H31F7. The van der Waals surface area contributed by atoms with Gasteiger partial charge in [0.25, 0.3) is 0 Å². The summed E-state index contributed by atoms with van der Waals surface area (Å²) in [4.78, 5) is 0. The average molecular weight is 416 g/mol. The van der Waals surface area contributed by atoms with Crippen LogP contribution in [0.1, 0.15) is 77.6 Å². The molecule has 7 heteroatoms. The first-order valence-electron chi connectivity index (χ1n) is 10.8. The van der Waals surface area contributed by atoms with E-state index in [1.165, 1.54) is 0 Å². The molecule has 3 fully saturated rings. The lowest BCUT2D eigenvalue weighted by atomic mass is 9.62. The molecule has 0 heterocycles. The van der Waals surface area contributed by atoms with Crippen molar-refractivity contribution >= 4 is 0 Å². The topological polar surface area (TPSA) is 0 Å². The maximum Gasteiger partial charge on any atom is 0.391 e. The maximum atomic E-state index is 14.9. The maximum absolute atomic E-state index is 14.9. The van der Waals surface area contributed by atoms with Gasteiger partial charge >= 0.3 is 18.0 Å². The van der Waals surface area contributed by atoms with Crippen LogP contribution >= 0.6 is 0 Å². The molecule has 3 saturated carbocycles. The molecule has 0 aromatic carbocycles. The number of hydrogen-bond donors (Lipinski definition) is 0. The lowest BCUT2D eigenvalue weighted by Crippen LogP contribution is -2.53. The molecule has 4 unspecified atom stereocenters. The van der Waals surface area contributed by atoms with Gasteiger partial charge in [0.05, 0.1) is 5.92 Å². The van der Waals surface area contributed by atoms with Gasteiger partial charge in [-0.2, -0.15) is 30.7 Å². The fourth-order valence-electron chi connectivity index (χ4n) is 5.99. The summed E-state index contributed by atoms with van der Waals surface area (Å²) in [5, 5.41) is 0. The van der Waals surface area contributed by atoms with E-state index in [1.807, 2.05) is 6.92 Å². The third-order valence-electron chi connectivity index (χ3n) is 7.97. The van der Waals surface area contributed by atoms with Crippen molar-refractivity contribution in [1.29, 1.82) is 0 Å². The molecule has 3 aliphatic carbocycles. The fraction of sp³-hybridized carbons (Fsp3) is 1.00. The Morgan fingerprint density at radius 2 is 1.00 bits per heavy atom. The van der Waals surface area contributed by atoms with Gasteiger partial charge in [-0.05, 0) is 82.0 Å². The van der Waals surface area contributed by atoms with Crippen LogP contribution in [-0.2, 0) is 0 Å². The van der Waals surface area contributed by atoms with Crippen LogP contribution in [0.5, 0.6) is 0 Å². The van der Waals surface area contributed by atoms with Gasteiger partial charge < -0.3 is 0 Å². The Hall–Kier alpha value is -0.490. The first-order chi connectivity index (χ1) is 13.0. The highest BCUT2D eigenvalue weighted by molar-refractivity contribution is 5.00. The van der Waals surface area contributed by atoms with Gasteiger partial charge in [0.2, 0.25) is 0 Å². The Labute approximate surface area is 162 Å². The van der Waals surface area contributed by atoms with Crippen molar-refractivity contribution in [2.45, 2.75) is 95.6 Å². The van der Waals surface area contributed by atoms with Gasteiger partial charge in [-0.1, -0.05) is 13.3 Å². The third-order valence-corrected chi connectivity index (χ3v) is 7.97. The predicted octanol–water partition coefficient (Wildman–Crippen LogP) is 7.87. The normalized spacial score (nSPS) is 38.1. The lowest BCUT2D eigenvalue weighted by molar-refractivity contribution is -0.273. The van der Waals surface area contributed by atoms with Crippen molar-refractivity contribution in [1.82, 2.24) is 0 Å². The summed E-state index contributed by atoms with van der Waals surface area (Å²) < 4.78 is 98.5. The van der Waals surface area contributed by atoms with Gasteiger partial charge in [-0.3, -0.25) is 0 Å². The molecule has 0 bridgehead atoms. The van der Waals surface area contributed by atoms with Crippen LogP contribution < -0.4 is 0 Å². The molecule has 0 saturated heterocycles. The number of alkyl halides is 7. The lowest BCUT2D eigenvalue weighted by Gasteiger charge is -2.46. The summed E-state index contributed by atoms with van der Waals surface area (Å²) >= 11 is 0. The molecule has 3 rings (SSSR count). The summed E-state index contributed by atoms with van der Waals surface area (Å²) in [6, 6.07) is 0. The Balaban J connectivity index is 1.63. The fourth-order valence-corrected chi connectivity index (χ4v) is 5.99. The Bertz CT molecular complexity index is 519. The number of hydrogen-bond acceptors (Lipinski definition) is 0. The van der Waals surface area contributed by atoms with Crippen LogP contribution in [0.25, 0.3) is 0 Å². The molecule has 0 N–H and O–H groups in total. The second-order valence-electron chi connectivity index (χ2n) is 9.45. The average Bonchev–Trinajstić information content (AvgIpc) is 2.66. The molecule has 4 atom stereocenters. The molecule has 164 valence electrons. The molecular weight excluding hydrogens is 385 g/mol. The van der Waals surface area contributed by atoms with Crippen LogP contribution in [0.2, 0.25) is 0 Å². The molecule has 0 nitrogen and oxygen atoms in total. The van der Waals surface area contributed by atoms with Crippen LogP contribution in [0, 0.1) is 35.5 Å². The van der Waals surface area contributed by atoms with Gasteiger partial charge in [0.1, 0.15) is 0 Å². The zero-order valence-corrected chi connectivity index (χ0v) is 16.4. The smallest absolute Gasteiger partial charge is 0.200 e. The molecule has 28 heavy (non-hydrogen) atoms. The van der Waals surface area contributed by atoms with Crippen molar-refractivity contribution in [2.24, 2.45) is 35.5 Å². The van der Waals surface area contributed by atoms with E-state index in [-0.39, 0.29) is 63.2 Å².